The van der Waals surface area contributed by atoms with E-state index in [9.17, 15) is 28.0 Å². The van der Waals surface area contributed by atoms with Gasteiger partial charge in [0.1, 0.15) is 17.7 Å². The molecular weight excluding hydrogens is 594 g/mol. The van der Waals surface area contributed by atoms with Crippen molar-refractivity contribution >= 4 is 35.1 Å². The summed E-state index contributed by atoms with van der Waals surface area (Å²) in [6, 6.07) is 25.0. The third-order valence-electron chi connectivity index (χ3n) is 7.33. The van der Waals surface area contributed by atoms with Gasteiger partial charge >= 0.3 is 5.97 Å². The molecule has 11 heteroatoms. The Morgan fingerprint density at radius 1 is 0.891 bits per heavy atom. The smallest absolute Gasteiger partial charge is 0.333 e. The van der Waals surface area contributed by atoms with E-state index in [4.69, 9.17) is 9.73 Å². The summed E-state index contributed by atoms with van der Waals surface area (Å²) in [6.45, 7) is 1.40. The Balaban J connectivity index is 1.51. The van der Waals surface area contributed by atoms with Crippen molar-refractivity contribution in [3.8, 4) is 0 Å². The molecule has 0 aliphatic carbocycles. The summed E-state index contributed by atoms with van der Waals surface area (Å²) in [6.07, 6.45) is -1.91. The molecular formula is C35H30F2N4O5. The normalized spacial score (nSPS) is 15.5. The van der Waals surface area contributed by atoms with Gasteiger partial charge in [-0.15, -0.1) is 0 Å². The van der Waals surface area contributed by atoms with Crippen LogP contribution >= 0.6 is 0 Å². The summed E-state index contributed by atoms with van der Waals surface area (Å²) < 4.78 is 32.4. The van der Waals surface area contributed by atoms with Crippen LogP contribution in [-0.2, 0) is 30.3 Å². The Morgan fingerprint density at radius 3 is 2.15 bits per heavy atom. The maximum atomic E-state index is 14.4. The summed E-state index contributed by atoms with van der Waals surface area (Å²) in [7, 11) is 1.22. The van der Waals surface area contributed by atoms with E-state index in [-0.39, 0.29) is 12.0 Å². The number of amides is 3. The molecule has 3 amide bonds. The third kappa shape index (κ3) is 6.99. The average molecular weight is 625 g/mol. The largest absolute Gasteiger partial charge is 0.467 e. The molecule has 0 saturated carbocycles. The van der Waals surface area contributed by atoms with Gasteiger partial charge in [-0.1, -0.05) is 78.9 Å². The number of anilines is 1. The van der Waals surface area contributed by atoms with Crippen LogP contribution in [0.3, 0.4) is 0 Å². The summed E-state index contributed by atoms with van der Waals surface area (Å²) >= 11 is 0. The zero-order valence-corrected chi connectivity index (χ0v) is 24.9. The van der Waals surface area contributed by atoms with Crippen molar-refractivity contribution in [1.82, 2.24) is 10.6 Å². The van der Waals surface area contributed by atoms with Gasteiger partial charge in [0, 0.05) is 17.2 Å². The van der Waals surface area contributed by atoms with Crippen molar-refractivity contribution in [2.75, 3.05) is 12.0 Å². The van der Waals surface area contributed by atoms with Crippen molar-refractivity contribution in [3.05, 3.63) is 137 Å². The van der Waals surface area contributed by atoms with Gasteiger partial charge in [-0.25, -0.2) is 18.6 Å². The predicted octanol–water partition coefficient (Wildman–Crippen LogP) is 4.25. The number of hydrogen-bond acceptors (Lipinski definition) is 6. The molecule has 4 aromatic carbocycles. The first-order valence-corrected chi connectivity index (χ1v) is 14.4. The minimum Gasteiger partial charge on any atom is -0.467 e. The maximum Gasteiger partial charge on any atom is 0.333 e. The molecule has 5 rings (SSSR count). The number of aliphatic imine (C=N–C) groups is 1. The highest BCUT2D eigenvalue weighted by Crippen LogP contribution is 2.35. The molecule has 0 radical (unpaired) electrons. The number of carbonyl (C=O) groups is 4. The zero-order valence-electron chi connectivity index (χ0n) is 24.9. The van der Waals surface area contributed by atoms with Crippen molar-refractivity contribution < 1.29 is 32.7 Å². The number of nitrogens with zero attached hydrogens (tertiary/aromatic N) is 2. The number of para-hydroxylation sites is 1. The summed E-state index contributed by atoms with van der Waals surface area (Å²) in [5.41, 5.74) is 2.50. The second kappa shape index (κ2) is 13.9. The molecule has 0 aromatic heterocycles. The minimum absolute atomic E-state index is 0.0850. The molecule has 1 heterocycles. The number of methoxy groups -OCH3 is 1. The fraction of sp³-hybridized carbons (Fsp3) is 0.171. The highest BCUT2D eigenvalue weighted by atomic mass is 19.1. The van der Waals surface area contributed by atoms with Gasteiger partial charge in [0.05, 0.1) is 24.9 Å². The molecule has 0 bridgehead atoms. The maximum absolute atomic E-state index is 14.4. The van der Waals surface area contributed by atoms with Crippen molar-refractivity contribution in [3.63, 3.8) is 0 Å². The monoisotopic (exact) mass is 624 g/mol. The summed E-state index contributed by atoms with van der Waals surface area (Å²) in [5, 5.41) is 5.11. The summed E-state index contributed by atoms with van der Waals surface area (Å²) in [4.78, 5) is 59.9. The molecule has 0 fully saturated rings. The Kier molecular flexibility index (Phi) is 9.61. The van der Waals surface area contributed by atoms with Crippen molar-refractivity contribution in [1.29, 1.82) is 0 Å². The van der Waals surface area contributed by atoms with Crippen LogP contribution in [0, 0.1) is 11.6 Å². The number of carbonyl (C=O) groups excluding carboxylic acids is 4. The SMILES string of the molecule is COC(=O)C(c1ccccc1)N1C(=O)C(NC(=O)[C@H](C)NC(=O)Cc2cc(F)cc(F)c2)N=C(c2ccccc2)c2ccccc21. The lowest BCUT2D eigenvalue weighted by atomic mass is 9.98. The van der Waals surface area contributed by atoms with E-state index in [0.29, 0.717) is 34.2 Å². The van der Waals surface area contributed by atoms with Gasteiger partial charge in [0.15, 0.2) is 6.04 Å². The molecule has 46 heavy (non-hydrogen) atoms. The molecule has 2 unspecified atom stereocenters. The third-order valence-corrected chi connectivity index (χ3v) is 7.33. The van der Waals surface area contributed by atoms with Crippen LogP contribution in [0.1, 0.15) is 35.2 Å². The summed E-state index contributed by atoms with van der Waals surface area (Å²) in [5.74, 6) is -4.53. The standard InChI is InChI=1S/C35H30F2N4O5/c1-21(38-29(42)19-22-17-25(36)20-26(37)18-22)33(43)40-32-34(44)41(31(35(45)46-2)24-13-7-4-8-14-24)28-16-10-9-15-27(28)30(39-32)23-11-5-3-6-12-23/h3-18,20-21,31-32H,19H2,1-2H3,(H,38,42)(H,40,43)/t21-,31?,32?/m0/s1. The quantitative estimate of drug-likeness (QED) is 0.270. The highest BCUT2D eigenvalue weighted by Gasteiger charge is 2.41. The number of benzodiazepines with no additional fused rings is 1. The Bertz CT molecular complexity index is 1780. The van der Waals surface area contributed by atoms with Gasteiger partial charge < -0.3 is 15.4 Å². The van der Waals surface area contributed by atoms with Crippen LogP contribution in [0.4, 0.5) is 14.5 Å². The molecule has 234 valence electrons. The predicted molar refractivity (Wildman–Crippen MR) is 167 cm³/mol. The lowest BCUT2D eigenvalue weighted by molar-refractivity contribution is -0.144. The van der Waals surface area contributed by atoms with E-state index in [1.807, 2.05) is 30.3 Å². The van der Waals surface area contributed by atoms with Crippen LogP contribution in [0.2, 0.25) is 0 Å². The zero-order chi connectivity index (χ0) is 32.8. The van der Waals surface area contributed by atoms with Gasteiger partial charge in [-0.2, -0.15) is 0 Å². The fourth-order valence-electron chi connectivity index (χ4n) is 5.23. The van der Waals surface area contributed by atoms with Crippen LogP contribution < -0.4 is 15.5 Å². The molecule has 9 nitrogen and oxygen atoms in total. The van der Waals surface area contributed by atoms with Gasteiger partial charge in [-0.3, -0.25) is 19.3 Å². The Hall–Kier alpha value is -5.71. The number of halogens is 2. The van der Waals surface area contributed by atoms with E-state index in [0.717, 1.165) is 12.1 Å². The number of esters is 1. The van der Waals surface area contributed by atoms with Gasteiger partial charge in [0.2, 0.25) is 18.0 Å². The topological polar surface area (TPSA) is 117 Å². The van der Waals surface area contributed by atoms with Crippen LogP contribution in [0.15, 0.2) is 108 Å². The number of benzene rings is 4. The molecule has 0 saturated heterocycles. The van der Waals surface area contributed by atoms with E-state index in [1.54, 1.807) is 54.6 Å². The molecule has 4 aromatic rings. The second-order valence-electron chi connectivity index (χ2n) is 10.6. The van der Waals surface area contributed by atoms with Gasteiger partial charge in [0.25, 0.3) is 5.91 Å². The lowest BCUT2D eigenvalue weighted by Crippen LogP contribution is -2.54. The highest BCUT2D eigenvalue weighted by molar-refractivity contribution is 6.21. The number of hydrogen-bond donors (Lipinski definition) is 2. The fourth-order valence-corrected chi connectivity index (χ4v) is 5.23. The van der Waals surface area contributed by atoms with Crippen LogP contribution in [0.5, 0.6) is 0 Å². The molecule has 1 aliphatic heterocycles. The second-order valence-corrected chi connectivity index (χ2v) is 10.6. The van der Waals surface area contributed by atoms with E-state index < -0.39 is 53.6 Å². The van der Waals surface area contributed by atoms with E-state index in [2.05, 4.69) is 10.6 Å². The van der Waals surface area contributed by atoms with Crippen LogP contribution in [-0.4, -0.2) is 48.7 Å². The van der Waals surface area contributed by atoms with E-state index >= 15 is 0 Å². The van der Waals surface area contributed by atoms with E-state index in [1.165, 1.54) is 18.9 Å². The number of rotatable bonds is 9. The number of ether oxygens (including phenoxy) is 1. The minimum atomic E-state index is -1.53. The van der Waals surface area contributed by atoms with Crippen molar-refractivity contribution in [2.45, 2.75) is 31.6 Å². The molecule has 1 aliphatic rings. The lowest BCUT2D eigenvalue weighted by Gasteiger charge is -2.32. The Labute approximate surface area is 263 Å². The number of fused-ring (bicyclic) bond motifs is 1. The molecule has 3 atom stereocenters. The Morgan fingerprint density at radius 2 is 1.50 bits per heavy atom. The van der Waals surface area contributed by atoms with Gasteiger partial charge in [-0.05, 0) is 36.2 Å². The van der Waals surface area contributed by atoms with Crippen LogP contribution in [0.25, 0.3) is 0 Å². The molecule has 0 spiro atoms. The van der Waals surface area contributed by atoms with Crippen molar-refractivity contribution in [2.24, 2.45) is 4.99 Å². The first-order chi connectivity index (χ1) is 22.2. The number of nitrogens with one attached hydrogen (secondary N) is 2. The first-order valence-electron chi connectivity index (χ1n) is 14.4. The molecule has 2 N–H and O–H groups in total. The first kappa shape index (κ1) is 31.7. The average Bonchev–Trinajstić information content (AvgIpc) is 3.16.